The first-order valence-electron chi connectivity index (χ1n) is 9.41. The van der Waals surface area contributed by atoms with Crippen LogP contribution in [0.15, 0.2) is 61.9 Å². The van der Waals surface area contributed by atoms with Crippen LogP contribution in [-0.4, -0.2) is 49.2 Å². The van der Waals surface area contributed by atoms with Gasteiger partial charge in [0.15, 0.2) is 0 Å². The summed E-state index contributed by atoms with van der Waals surface area (Å²) in [4.78, 5) is 24.9. The molecule has 4 rings (SSSR count). The van der Waals surface area contributed by atoms with E-state index in [2.05, 4.69) is 55.2 Å². The van der Waals surface area contributed by atoms with Crippen molar-refractivity contribution >= 4 is 58.4 Å². The van der Waals surface area contributed by atoms with Crippen LogP contribution in [0.2, 0.25) is 0 Å². The predicted molar refractivity (Wildman–Crippen MR) is 123 cm³/mol. The summed E-state index contributed by atoms with van der Waals surface area (Å²) in [6, 6.07) is 10.4. The summed E-state index contributed by atoms with van der Waals surface area (Å²) in [5.74, 6) is 0.580. The summed E-state index contributed by atoms with van der Waals surface area (Å²) in [6.07, 6.45) is 4.15. The van der Waals surface area contributed by atoms with Crippen molar-refractivity contribution in [2.75, 3.05) is 0 Å². The zero-order chi connectivity index (χ0) is 20.9. The van der Waals surface area contributed by atoms with Gasteiger partial charge < -0.3 is 0 Å². The Labute approximate surface area is 194 Å². The first-order valence-corrected chi connectivity index (χ1v) is 14.1. The standard InChI is InChI=1S/C21H19N5OS2.Sn/c1-4-16-7-5-6-8-19(16)29-21-25-14(2)9-18(26-21)15(3)28-13-24-20-11-22-17(12-27)10-23-20;/h3,5-11,27H,4,12H2,1-2H3;. The van der Waals surface area contributed by atoms with E-state index >= 15 is 0 Å². The number of nitrogens with zero attached hydrogens (tertiary/aromatic N) is 5. The van der Waals surface area contributed by atoms with Crippen LogP contribution in [0, 0.1) is 6.92 Å². The molecule has 6 nitrogen and oxygen atoms in total. The van der Waals surface area contributed by atoms with E-state index in [0.29, 0.717) is 11.5 Å². The molecule has 0 atom stereocenters. The average molecular weight is 540 g/mol. The Morgan fingerprint density at radius 3 is 2.80 bits per heavy atom. The van der Waals surface area contributed by atoms with Crippen molar-refractivity contribution in [2.45, 2.75) is 36.9 Å². The van der Waals surface area contributed by atoms with Crippen LogP contribution in [0.3, 0.4) is 0 Å². The maximum atomic E-state index is 9.08. The summed E-state index contributed by atoms with van der Waals surface area (Å²) in [6.45, 7) is 4.06. The molecule has 0 saturated heterocycles. The fourth-order valence-electron chi connectivity index (χ4n) is 2.77. The van der Waals surface area contributed by atoms with Gasteiger partial charge >= 0.3 is 195 Å². The number of aryl methyl sites for hydroxylation is 2. The van der Waals surface area contributed by atoms with Gasteiger partial charge in [0.2, 0.25) is 0 Å². The summed E-state index contributed by atoms with van der Waals surface area (Å²) in [5, 5.41) is 9.86. The van der Waals surface area contributed by atoms with Gasteiger partial charge in [0, 0.05) is 0 Å². The van der Waals surface area contributed by atoms with E-state index in [0.717, 1.165) is 30.9 Å². The minimum absolute atomic E-state index is 0.114. The average Bonchev–Trinajstić information content (AvgIpc) is 3.23. The molecule has 1 aromatic carbocycles. The van der Waals surface area contributed by atoms with Crippen LogP contribution >= 0.6 is 23.5 Å². The zero-order valence-electron chi connectivity index (χ0n) is 16.5. The molecule has 0 spiro atoms. The van der Waals surface area contributed by atoms with Crippen molar-refractivity contribution in [1.29, 1.82) is 0 Å². The molecular weight excluding hydrogens is 521 g/mol. The molecule has 9 heteroatoms. The van der Waals surface area contributed by atoms with Crippen LogP contribution in [0.5, 0.6) is 0 Å². The second kappa shape index (κ2) is 10.0. The Morgan fingerprint density at radius 1 is 1.17 bits per heavy atom. The van der Waals surface area contributed by atoms with E-state index in [1.165, 1.54) is 10.5 Å². The van der Waals surface area contributed by atoms with Gasteiger partial charge in [-0.3, -0.25) is 0 Å². The van der Waals surface area contributed by atoms with Crippen molar-refractivity contribution in [3.63, 3.8) is 0 Å². The normalized spacial score (nSPS) is 14.9. The molecule has 30 heavy (non-hydrogen) atoms. The molecule has 150 valence electrons. The Hall–Kier alpha value is -1.75. The van der Waals surface area contributed by atoms with Crippen LogP contribution in [0.25, 0.3) is 4.91 Å². The van der Waals surface area contributed by atoms with E-state index in [9.17, 15) is 0 Å². The molecule has 0 fully saturated rings. The van der Waals surface area contributed by atoms with Gasteiger partial charge in [-0.1, -0.05) is 0 Å². The molecule has 1 N–H and O–H groups in total. The second-order valence-electron chi connectivity index (χ2n) is 6.44. The zero-order valence-corrected chi connectivity index (χ0v) is 21.0. The van der Waals surface area contributed by atoms with Crippen molar-refractivity contribution < 1.29 is 5.11 Å². The number of benzene rings is 1. The molecule has 2 aromatic heterocycles. The molecule has 0 aliphatic carbocycles. The van der Waals surface area contributed by atoms with Crippen molar-refractivity contribution in [2.24, 2.45) is 4.99 Å². The van der Waals surface area contributed by atoms with Crippen molar-refractivity contribution in [3.8, 4) is 0 Å². The number of rotatable bonds is 6. The summed E-state index contributed by atoms with van der Waals surface area (Å²) in [7, 11) is 0. The third-order valence-electron chi connectivity index (χ3n) is 4.24. The molecule has 1 aliphatic rings. The summed E-state index contributed by atoms with van der Waals surface area (Å²) < 4.78 is 3.42. The summed E-state index contributed by atoms with van der Waals surface area (Å²) >= 11 is 2.37. The molecule has 0 amide bonds. The van der Waals surface area contributed by atoms with E-state index in [1.807, 2.05) is 13.0 Å². The molecule has 2 radical (unpaired) electrons. The van der Waals surface area contributed by atoms with Crippen LogP contribution < -0.4 is 0 Å². The number of aliphatic imine (C=N–C) groups is 1. The van der Waals surface area contributed by atoms with E-state index in [1.54, 1.807) is 35.9 Å². The number of hydrogen-bond acceptors (Lipinski definition) is 8. The van der Waals surface area contributed by atoms with E-state index in [-0.39, 0.29) is 6.61 Å². The quantitative estimate of drug-likeness (QED) is 0.371. The Bertz CT molecular complexity index is 1120. The molecule has 0 bridgehead atoms. The minimum atomic E-state index is -0.920. The Balaban J connectivity index is 1.52. The number of thioether (sulfide) groups is 1. The van der Waals surface area contributed by atoms with Gasteiger partial charge in [-0.25, -0.2) is 0 Å². The Morgan fingerprint density at radius 2 is 2.03 bits per heavy atom. The molecular formula is C21H19N5OS2Sn. The summed E-state index contributed by atoms with van der Waals surface area (Å²) in [5.41, 5.74) is 3.76. The van der Waals surface area contributed by atoms with Gasteiger partial charge in [-0.2, -0.15) is 0 Å². The molecule has 3 aromatic rings. The third-order valence-corrected chi connectivity index (χ3v) is 10.6. The van der Waals surface area contributed by atoms with Gasteiger partial charge in [0.25, 0.3) is 0 Å². The fraction of sp³-hybridized carbons (Fsp3) is 0.190. The monoisotopic (exact) mass is 541 g/mol. The van der Waals surface area contributed by atoms with E-state index in [4.69, 9.17) is 10.1 Å². The topological polar surface area (TPSA) is 84.2 Å². The predicted octanol–water partition coefficient (Wildman–Crippen LogP) is 4.22. The number of aliphatic hydroxyl groups is 1. The van der Waals surface area contributed by atoms with Gasteiger partial charge in [0.05, 0.1) is 0 Å². The second-order valence-corrected chi connectivity index (χ2v) is 12.5. The molecule has 0 saturated carbocycles. The van der Waals surface area contributed by atoms with Crippen LogP contribution in [0.1, 0.15) is 29.6 Å². The number of aliphatic hydroxyl groups excluding tert-OH is 1. The van der Waals surface area contributed by atoms with Crippen molar-refractivity contribution in [1.82, 2.24) is 19.9 Å². The first-order chi connectivity index (χ1) is 14.6. The van der Waals surface area contributed by atoms with Gasteiger partial charge in [-0.05, 0) is 0 Å². The Kier molecular flexibility index (Phi) is 7.19. The number of hydrogen-bond donors (Lipinski definition) is 1. The fourth-order valence-corrected chi connectivity index (χ4v) is 8.87. The molecule has 3 heterocycles. The molecule has 0 unspecified atom stereocenters. The number of aromatic nitrogens is 4. The van der Waals surface area contributed by atoms with Gasteiger partial charge in [-0.15, -0.1) is 0 Å². The third kappa shape index (κ3) is 5.29. The van der Waals surface area contributed by atoms with Crippen LogP contribution in [0.4, 0.5) is 5.82 Å². The maximum absolute atomic E-state index is 9.08. The van der Waals surface area contributed by atoms with Crippen molar-refractivity contribution in [3.05, 3.63) is 69.5 Å². The first kappa shape index (κ1) is 21.5. The van der Waals surface area contributed by atoms with E-state index < -0.39 is 21.1 Å². The van der Waals surface area contributed by atoms with Gasteiger partial charge in [0.1, 0.15) is 0 Å². The van der Waals surface area contributed by atoms with Crippen LogP contribution in [-0.2, 0) is 13.0 Å². The SMILES string of the molecule is CCc1ccccc1Sc1nc(C)cc(C2=[CH][Sn][C](=Nc3cnc(CO)cn3)S2)n1. The molecule has 1 aliphatic heterocycles.